The highest BCUT2D eigenvalue weighted by Crippen LogP contribution is 2.23. The van der Waals surface area contributed by atoms with E-state index >= 15 is 0 Å². The third kappa shape index (κ3) is 5.94. The number of carboxylic acid groups (broad SMARTS) is 1. The number of nitrogens with one attached hydrogen (secondary N) is 2. The molecule has 0 heterocycles. The van der Waals surface area contributed by atoms with Gasteiger partial charge in [-0.15, -0.1) is 0 Å². The van der Waals surface area contributed by atoms with Gasteiger partial charge < -0.3 is 15.3 Å². The molecule has 1 aromatic rings. The molecular weight excluding hydrogens is 326 g/mol. The summed E-state index contributed by atoms with van der Waals surface area (Å²) in [7, 11) is -2.37. The lowest BCUT2D eigenvalue weighted by atomic mass is 10.1. The quantitative estimate of drug-likeness (QED) is 0.674. The van der Waals surface area contributed by atoms with Crippen molar-refractivity contribution in [2.24, 2.45) is 0 Å². The number of carbonyl (C=O) groups is 3. The van der Waals surface area contributed by atoms with Gasteiger partial charge >= 0.3 is 5.97 Å². The summed E-state index contributed by atoms with van der Waals surface area (Å²) in [6.45, 7) is 0.724. The highest BCUT2D eigenvalue weighted by atomic mass is 32.2. The molecule has 0 unspecified atom stereocenters. The number of hydrogen-bond donors (Lipinski definition) is 3. The first-order chi connectivity index (χ1) is 10.5. The number of hydrogen-bond acceptors (Lipinski definition) is 5. The van der Waals surface area contributed by atoms with Gasteiger partial charge in [-0.1, -0.05) is 0 Å². The average molecular weight is 343 g/mol. The van der Waals surface area contributed by atoms with Crippen LogP contribution in [0.2, 0.25) is 0 Å². The fourth-order valence-corrected chi connectivity index (χ4v) is 2.35. The molecule has 0 aliphatic rings. The Bertz CT molecular complexity index is 744. The summed E-state index contributed by atoms with van der Waals surface area (Å²) in [5.41, 5.74) is 0.192. The van der Waals surface area contributed by atoms with E-state index in [1.165, 1.54) is 32.2 Å². The average Bonchev–Trinajstić information content (AvgIpc) is 2.36. The Balaban J connectivity index is 3.28. The molecule has 9 nitrogen and oxygen atoms in total. The van der Waals surface area contributed by atoms with Gasteiger partial charge in [0.15, 0.2) is 0 Å². The van der Waals surface area contributed by atoms with E-state index in [1.807, 2.05) is 0 Å². The summed E-state index contributed by atoms with van der Waals surface area (Å²) >= 11 is 0. The molecule has 0 spiro atoms. The third-order valence-electron chi connectivity index (χ3n) is 2.58. The lowest BCUT2D eigenvalue weighted by Gasteiger charge is -2.18. The van der Waals surface area contributed by atoms with E-state index < -0.39 is 28.4 Å². The van der Waals surface area contributed by atoms with Crippen LogP contribution in [0.15, 0.2) is 18.2 Å². The largest absolute Gasteiger partial charge is 0.480 e. The normalized spacial score (nSPS) is 10.7. The lowest BCUT2D eigenvalue weighted by molar-refractivity contribution is -0.137. The molecule has 0 atom stereocenters. The van der Waals surface area contributed by atoms with Gasteiger partial charge in [0, 0.05) is 19.7 Å². The molecule has 0 aromatic heterocycles. The van der Waals surface area contributed by atoms with Gasteiger partial charge in [0.1, 0.15) is 6.54 Å². The van der Waals surface area contributed by atoms with Gasteiger partial charge in [0.25, 0.3) is 5.91 Å². The monoisotopic (exact) mass is 343 g/mol. The van der Waals surface area contributed by atoms with Crippen LogP contribution in [0.4, 0.5) is 11.4 Å². The molecule has 126 valence electrons. The second kappa shape index (κ2) is 7.09. The molecule has 0 saturated heterocycles. The van der Waals surface area contributed by atoms with E-state index in [9.17, 15) is 22.8 Å². The first-order valence-electron chi connectivity index (χ1n) is 6.36. The standard InChI is InChI=1S/C13H17N3O6S/c1-8(17)14-9-4-5-11(15-23(3,21)22)10(6-9)13(20)16(2)7-12(18)19/h4-6,15H,7H2,1-3H3,(H,14,17)(H,18,19). The number of likely N-dealkylation sites (N-methyl/N-ethyl adjacent to an activating group) is 1. The van der Waals surface area contributed by atoms with Crippen molar-refractivity contribution in [1.82, 2.24) is 4.90 Å². The Morgan fingerprint density at radius 1 is 1.26 bits per heavy atom. The van der Waals surface area contributed by atoms with Crippen LogP contribution in [0.25, 0.3) is 0 Å². The molecule has 0 bridgehead atoms. The smallest absolute Gasteiger partial charge is 0.323 e. The maximum atomic E-state index is 12.3. The maximum absolute atomic E-state index is 12.3. The van der Waals surface area contributed by atoms with Crippen LogP contribution < -0.4 is 10.0 Å². The van der Waals surface area contributed by atoms with Crippen LogP contribution in [0, 0.1) is 0 Å². The van der Waals surface area contributed by atoms with Crippen molar-refractivity contribution < 1.29 is 27.9 Å². The summed E-state index contributed by atoms with van der Waals surface area (Å²) < 4.78 is 25.0. The minimum atomic E-state index is -3.64. The zero-order chi connectivity index (χ0) is 17.8. The number of rotatable bonds is 6. The maximum Gasteiger partial charge on any atom is 0.323 e. The molecule has 0 aliphatic carbocycles. The fraction of sp³-hybridized carbons (Fsp3) is 0.308. The number of amides is 2. The molecule has 0 radical (unpaired) electrons. The number of carboxylic acids is 1. The lowest BCUT2D eigenvalue weighted by Crippen LogP contribution is -2.32. The van der Waals surface area contributed by atoms with Gasteiger partial charge in [-0.3, -0.25) is 19.1 Å². The van der Waals surface area contributed by atoms with Crippen molar-refractivity contribution in [3.8, 4) is 0 Å². The van der Waals surface area contributed by atoms with Crippen molar-refractivity contribution in [2.75, 3.05) is 29.9 Å². The summed E-state index contributed by atoms with van der Waals surface area (Å²) in [4.78, 5) is 35.1. The predicted molar refractivity (Wildman–Crippen MR) is 83.8 cm³/mol. The highest BCUT2D eigenvalue weighted by molar-refractivity contribution is 7.92. The van der Waals surface area contributed by atoms with Gasteiger partial charge in [0.2, 0.25) is 15.9 Å². The van der Waals surface area contributed by atoms with E-state index in [-0.39, 0.29) is 22.8 Å². The number of aliphatic carboxylic acids is 1. The van der Waals surface area contributed by atoms with Crippen LogP contribution in [0.3, 0.4) is 0 Å². The van der Waals surface area contributed by atoms with Crippen LogP contribution in [-0.2, 0) is 19.6 Å². The zero-order valence-corrected chi connectivity index (χ0v) is 13.6. The summed E-state index contributed by atoms with van der Waals surface area (Å²) in [6, 6.07) is 4.01. The van der Waals surface area contributed by atoms with Gasteiger partial charge in [0.05, 0.1) is 17.5 Å². The molecule has 0 fully saturated rings. The zero-order valence-electron chi connectivity index (χ0n) is 12.8. The van der Waals surface area contributed by atoms with Gasteiger partial charge in [-0.2, -0.15) is 0 Å². The Morgan fingerprint density at radius 3 is 2.35 bits per heavy atom. The number of benzene rings is 1. The Kier molecular flexibility index (Phi) is 5.68. The van der Waals surface area contributed by atoms with E-state index in [0.717, 1.165) is 11.2 Å². The van der Waals surface area contributed by atoms with E-state index in [4.69, 9.17) is 5.11 Å². The number of anilines is 2. The second-order valence-corrected chi connectivity index (χ2v) is 6.62. The SMILES string of the molecule is CC(=O)Nc1ccc(NS(C)(=O)=O)c(C(=O)N(C)CC(=O)O)c1. The van der Waals surface area contributed by atoms with Crippen molar-refractivity contribution in [3.05, 3.63) is 23.8 Å². The third-order valence-corrected chi connectivity index (χ3v) is 3.18. The minimum absolute atomic E-state index is 0.0103. The van der Waals surface area contributed by atoms with Crippen LogP contribution in [0.1, 0.15) is 17.3 Å². The van der Waals surface area contributed by atoms with Crippen LogP contribution in [0.5, 0.6) is 0 Å². The van der Waals surface area contributed by atoms with Crippen molar-refractivity contribution in [3.63, 3.8) is 0 Å². The Hall–Kier alpha value is -2.62. The van der Waals surface area contributed by atoms with Gasteiger partial charge in [-0.25, -0.2) is 8.42 Å². The predicted octanol–water partition coefficient (Wildman–Crippen LogP) is 0.173. The Labute approximate surface area is 133 Å². The number of sulfonamides is 1. The van der Waals surface area contributed by atoms with Crippen molar-refractivity contribution in [2.45, 2.75) is 6.92 Å². The summed E-state index contributed by atoms with van der Waals surface area (Å²) in [5.74, 6) is -2.28. The van der Waals surface area contributed by atoms with Crippen LogP contribution >= 0.6 is 0 Å². The topological polar surface area (TPSA) is 133 Å². The molecule has 23 heavy (non-hydrogen) atoms. The van der Waals surface area contributed by atoms with E-state index in [0.29, 0.717) is 0 Å². The summed E-state index contributed by atoms with van der Waals surface area (Å²) in [6.07, 6.45) is 0.921. The number of carbonyl (C=O) groups excluding carboxylic acids is 2. The molecule has 10 heteroatoms. The molecule has 2 amide bonds. The number of nitrogens with zero attached hydrogens (tertiary/aromatic N) is 1. The van der Waals surface area contributed by atoms with Crippen molar-refractivity contribution in [1.29, 1.82) is 0 Å². The van der Waals surface area contributed by atoms with E-state index in [2.05, 4.69) is 10.0 Å². The molecule has 0 aliphatic heterocycles. The highest BCUT2D eigenvalue weighted by Gasteiger charge is 2.20. The second-order valence-electron chi connectivity index (χ2n) is 4.87. The molecule has 0 saturated carbocycles. The minimum Gasteiger partial charge on any atom is -0.480 e. The first kappa shape index (κ1) is 18.4. The molecule has 1 aromatic carbocycles. The van der Waals surface area contributed by atoms with E-state index in [1.54, 1.807) is 0 Å². The fourth-order valence-electron chi connectivity index (χ4n) is 1.77. The summed E-state index contributed by atoms with van der Waals surface area (Å²) in [5, 5.41) is 11.2. The van der Waals surface area contributed by atoms with Crippen LogP contribution in [-0.4, -0.2) is 56.1 Å². The Morgan fingerprint density at radius 2 is 1.87 bits per heavy atom. The molecule has 3 N–H and O–H groups in total. The molecule has 1 rings (SSSR count). The van der Waals surface area contributed by atoms with Crippen molar-refractivity contribution >= 4 is 39.2 Å². The molecular formula is C13H17N3O6S. The van der Waals surface area contributed by atoms with Gasteiger partial charge in [-0.05, 0) is 18.2 Å². The first-order valence-corrected chi connectivity index (χ1v) is 8.25.